The van der Waals surface area contributed by atoms with E-state index >= 15 is 0 Å². The predicted octanol–water partition coefficient (Wildman–Crippen LogP) is 4.54. The van der Waals surface area contributed by atoms with Crippen LogP contribution >= 0.6 is 0 Å². The van der Waals surface area contributed by atoms with Crippen LogP contribution in [-0.2, 0) is 30.5 Å². The number of esters is 1. The number of aliphatic carboxylic acids is 1. The molecular weight excluding hydrogens is 452 g/mol. The van der Waals surface area contributed by atoms with Gasteiger partial charge in [0.2, 0.25) is 5.91 Å². The SMILES string of the molecule is CCCCC[C@H](CC(=O)N1[C@H](C(=O)OC(C)(C)C)CCCN1C(=O)OCc1ccccc1)C(=O)O. The highest BCUT2D eigenvalue weighted by molar-refractivity contribution is 5.88. The summed E-state index contributed by atoms with van der Waals surface area (Å²) in [7, 11) is 0. The molecule has 2 amide bonds. The molecule has 9 heteroatoms. The molecule has 1 aliphatic heterocycles. The number of carboxylic acids is 1. The van der Waals surface area contributed by atoms with E-state index in [2.05, 4.69) is 0 Å². The van der Waals surface area contributed by atoms with Gasteiger partial charge in [0, 0.05) is 13.0 Å². The number of ether oxygens (including phenoxy) is 2. The molecule has 1 aromatic carbocycles. The molecule has 0 aromatic heterocycles. The van der Waals surface area contributed by atoms with Gasteiger partial charge in [-0.25, -0.2) is 19.6 Å². The lowest BCUT2D eigenvalue weighted by Crippen LogP contribution is -2.61. The zero-order valence-electron chi connectivity index (χ0n) is 21.2. The number of hydrazine groups is 1. The molecule has 0 unspecified atom stereocenters. The molecule has 0 aliphatic carbocycles. The molecule has 1 aromatic rings. The van der Waals surface area contributed by atoms with Crippen molar-refractivity contribution in [2.75, 3.05) is 6.54 Å². The van der Waals surface area contributed by atoms with Crippen LogP contribution in [0.25, 0.3) is 0 Å². The third-order valence-electron chi connectivity index (χ3n) is 5.68. The Bertz CT molecular complexity index is 866. The van der Waals surface area contributed by atoms with Crippen molar-refractivity contribution >= 4 is 23.9 Å². The molecule has 35 heavy (non-hydrogen) atoms. The molecule has 2 rings (SSSR count). The van der Waals surface area contributed by atoms with Crippen molar-refractivity contribution in [1.29, 1.82) is 0 Å². The average Bonchev–Trinajstić information content (AvgIpc) is 2.80. The highest BCUT2D eigenvalue weighted by atomic mass is 16.6. The van der Waals surface area contributed by atoms with E-state index < -0.39 is 41.5 Å². The number of nitrogens with zero attached hydrogens (tertiary/aromatic N) is 2. The molecule has 1 saturated heterocycles. The lowest BCUT2D eigenvalue weighted by Gasteiger charge is -2.43. The standard InChI is InChI=1S/C26H38N2O7/c1-5-6-8-14-20(23(30)31)17-22(29)28-21(24(32)35-26(2,3)4)15-11-16-27(28)25(33)34-18-19-12-9-7-10-13-19/h7,9-10,12-13,20-21H,5-6,8,11,14-18H2,1-4H3,(H,30,31)/t20-,21+/m1/s1. The molecule has 2 atom stereocenters. The van der Waals surface area contributed by atoms with Crippen LogP contribution < -0.4 is 0 Å². The number of unbranched alkanes of at least 4 members (excludes halogenated alkanes) is 2. The van der Waals surface area contributed by atoms with Crippen molar-refractivity contribution in [2.45, 2.75) is 90.9 Å². The van der Waals surface area contributed by atoms with Crippen molar-refractivity contribution in [1.82, 2.24) is 10.0 Å². The van der Waals surface area contributed by atoms with Gasteiger partial charge in [0.05, 0.1) is 5.92 Å². The molecule has 9 nitrogen and oxygen atoms in total. The Kier molecular flexibility index (Phi) is 10.5. The maximum absolute atomic E-state index is 13.4. The summed E-state index contributed by atoms with van der Waals surface area (Å²) in [6, 6.07) is 8.07. The lowest BCUT2D eigenvalue weighted by molar-refractivity contribution is -0.181. The molecule has 0 saturated carbocycles. The van der Waals surface area contributed by atoms with Crippen LogP contribution in [0.3, 0.4) is 0 Å². The summed E-state index contributed by atoms with van der Waals surface area (Å²) in [4.78, 5) is 51.2. The number of carbonyl (C=O) groups is 4. The largest absolute Gasteiger partial charge is 0.481 e. The number of hydrogen-bond acceptors (Lipinski definition) is 6. The van der Waals surface area contributed by atoms with Crippen molar-refractivity contribution in [2.24, 2.45) is 5.92 Å². The van der Waals surface area contributed by atoms with Gasteiger partial charge in [-0.2, -0.15) is 0 Å². The van der Waals surface area contributed by atoms with E-state index in [0.29, 0.717) is 25.7 Å². The third-order valence-corrected chi connectivity index (χ3v) is 5.68. The smallest absolute Gasteiger partial charge is 0.429 e. The lowest BCUT2D eigenvalue weighted by atomic mass is 9.96. The first-order valence-electron chi connectivity index (χ1n) is 12.3. The van der Waals surface area contributed by atoms with Crippen LogP contribution in [0.4, 0.5) is 4.79 Å². The van der Waals surface area contributed by atoms with E-state index in [1.54, 1.807) is 20.8 Å². The summed E-state index contributed by atoms with van der Waals surface area (Å²) in [6.07, 6.45) is 2.49. The van der Waals surface area contributed by atoms with Crippen LogP contribution in [-0.4, -0.2) is 57.3 Å². The molecule has 0 bridgehead atoms. The number of carboxylic acid groups (broad SMARTS) is 1. The Morgan fingerprint density at radius 3 is 2.40 bits per heavy atom. The number of amides is 2. The van der Waals surface area contributed by atoms with E-state index in [0.717, 1.165) is 28.4 Å². The van der Waals surface area contributed by atoms with Gasteiger partial charge in [-0.3, -0.25) is 9.59 Å². The maximum Gasteiger partial charge on any atom is 0.429 e. The number of benzene rings is 1. The Morgan fingerprint density at radius 1 is 1.11 bits per heavy atom. The van der Waals surface area contributed by atoms with Gasteiger partial charge in [0.15, 0.2) is 6.04 Å². The van der Waals surface area contributed by atoms with Crippen LogP contribution in [0.2, 0.25) is 0 Å². The van der Waals surface area contributed by atoms with Gasteiger partial charge < -0.3 is 14.6 Å². The Labute approximate surface area is 207 Å². The minimum Gasteiger partial charge on any atom is -0.481 e. The van der Waals surface area contributed by atoms with Crippen LogP contribution in [0.5, 0.6) is 0 Å². The number of carbonyl (C=O) groups excluding carboxylic acids is 3. The van der Waals surface area contributed by atoms with Crippen molar-refractivity contribution in [3.8, 4) is 0 Å². The summed E-state index contributed by atoms with van der Waals surface area (Å²) >= 11 is 0. The normalized spacial score (nSPS) is 17.0. The highest BCUT2D eigenvalue weighted by Gasteiger charge is 2.43. The molecule has 1 fully saturated rings. The fourth-order valence-electron chi connectivity index (χ4n) is 3.96. The monoisotopic (exact) mass is 490 g/mol. The molecule has 1 N–H and O–H groups in total. The minimum absolute atomic E-state index is 0.00404. The van der Waals surface area contributed by atoms with Crippen LogP contribution in [0, 0.1) is 5.92 Å². The molecular formula is C26H38N2O7. The van der Waals surface area contributed by atoms with E-state index in [1.165, 1.54) is 0 Å². The summed E-state index contributed by atoms with van der Waals surface area (Å²) in [5.41, 5.74) is -0.00709. The first-order valence-corrected chi connectivity index (χ1v) is 12.3. The molecule has 1 heterocycles. The van der Waals surface area contributed by atoms with E-state index in [1.807, 2.05) is 37.3 Å². The quantitative estimate of drug-likeness (QED) is 0.378. The van der Waals surface area contributed by atoms with Crippen molar-refractivity contribution in [3.05, 3.63) is 35.9 Å². The fraction of sp³-hybridized carbons (Fsp3) is 0.615. The first kappa shape index (κ1) is 28.1. The third kappa shape index (κ3) is 8.88. The minimum atomic E-state index is -1.07. The van der Waals surface area contributed by atoms with Gasteiger partial charge >= 0.3 is 18.0 Å². The van der Waals surface area contributed by atoms with E-state index in [-0.39, 0.29) is 19.6 Å². The van der Waals surface area contributed by atoms with Crippen LogP contribution in [0.15, 0.2) is 30.3 Å². The second-order valence-electron chi connectivity index (χ2n) is 9.83. The second-order valence-corrected chi connectivity index (χ2v) is 9.83. The summed E-state index contributed by atoms with van der Waals surface area (Å²) in [5.74, 6) is -3.22. The summed E-state index contributed by atoms with van der Waals surface area (Å²) in [6.45, 7) is 7.36. The molecule has 0 radical (unpaired) electrons. The van der Waals surface area contributed by atoms with Crippen molar-refractivity contribution in [3.63, 3.8) is 0 Å². The summed E-state index contributed by atoms with van der Waals surface area (Å²) < 4.78 is 11.0. The van der Waals surface area contributed by atoms with Crippen molar-refractivity contribution < 1.29 is 33.8 Å². The van der Waals surface area contributed by atoms with Crippen LogP contribution in [0.1, 0.15) is 78.2 Å². The van der Waals surface area contributed by atoms with Gasteiger partial charge in [-0.15, -0.1) is 0 Å². The Balaban J connectivity index is 2.25. The molecule has 1 aliphatic rings. The Morgan fingerprint density at radius 2 is 1.80 bits per heavy atom. The van der Waals surface area contributed by atoms with Gasteiger partial charge in [-0.1, -0.05) is 56.5 Å². The van der Waals surface area contributed by atoms with Gasteiger partial charge in [0.1, 0.15) is 12.2 Å². The average molecular weight is 491 g/mol. The fourth-order valence-corrected chi connectivity index (χ4v) is 3.96. The summed E-state index contributed by atoms with van der Waals surface area (Å²) in [5, 5.41) is 11.9. The second kappa shape index (κ2) is 13.1. The molecule has 0 spiro atoms. The topological polar surface area (TPSA) is 113 Å². The number of rotatable bonds is 10. The zero-order chi connectivity index (χ0) is 26.0. The number of hydrogen-bond donors (Lipinski definition) is 1. The van der Waals surface area contributed by atoms with Gasteiger partial charge in [-0.05, 0) is 45.6 Å². The van der Waals surface area contributed by atoms with Gasteiger partial charge in [0.25, 0.3) is 0 Å². The zero-order valence-corrected chi connectivity index (χ0v) is 21.2. The highest BCUT2D eigenvalue weighted by Crippen LogP contribution is 2.26. The molecule has 194 valence electrons. The maximum atomic E-state index is 13.4. The van der Waals surface area contributed by atoms with E-state index in [4.69, 9.17) is 9.47 Å². The first-order chi connectivity index (χ1) is 16.5. The Hall–Kier alpha value is -3.10. The predicted molar refractivity (Wildman–Crippen MR) is 129 cm³/mol. The van der Waals surface area contributed by atoms with E-state index in [9.17, 15) is 24.3 Å².